The van der Waals surface area contributed by atoms with Gasteiger partial charge in [0.2, 0.25) is 0 Å². The van der Waals surface area contributed by atoms with Crippen molar-refractivity contribution in [3.63, 3.8) is 0 Å². The first-order valence-corrected chi connectivity index (χ1v) is 7.92. The van der Waals surface area contributed by atoms with E-state index in [9.17, 15) is 0 Å². The predicted molar refractivity (Wildman–Crippen MR) is 88.2 cm³/mol. The van der Waals surface area contributed by atoms with Crippen LogP contribution in [0.15, 0.2) is 57.5 Å². The maximum atomic E-state index is 3.63. The first-order chi connectivity index (χ1) is 9.06. The topological polar surface area (TPSA) is 12.0 Å². The number of hydrogen-bond acceptors (Lipinski definition) is 1. The van der Waals surface area contributed by atoms with Crippen LogP contribution >= 0.6 is 31.9 Å². The zero-order valence-electron chi connectivity index (χ0n) is 11.0. The van der Waals surface area contributed by atoms with Gasteiger partial charge in [-0.25, -0.2) is 0 Å². The van der Waals surface area contributed by atoms with Gasteiger partial charge in [-0.05, 0) is 49.2 Å². The molecule has 2 atom stereocenters. The van der Waals surface area contributed by atoms with E-state index < -0.39 is 0 Å². The minimum absolute atomic E-state index is 0.312. The third-order valence-electron chi connectivity index (χ3n) is 3.20. The molecule has 2 aromatic rings. The fraction of sp³-hybridized carbons (Fsp3) is 0.250. The van der Waals surface area contributed by atoms with E-state index in [1.54, 1.807) is 0 Å². The lowest BCUT2D eigenvalue weighted by molar-refractivity contribution is 0.494. The van der Waals surface area contributed by atoms with E-state index in [0.717, 1.165) is 8.95 Å². The number of halogens is 2. The molecule has 0 saturated carbocycles. The Kier molecular flexibility index (Phi) is 5.20. The molecule has 0 unspecified atom stereocenters. The zero-order chi connectivity index (χ0) is 13.8. The lowest BCUT2D eigenvalue weighted by atomic mass is 10.0. The molecule has 0 heterocycles. The van der Waals surface area contributed by atoms with Gasteiger partial charge < -0.3 is 5.32 Å². The summed E-state index contributed by atoms with van der Waals surface area (Å²) in [5.41, 5.74) is 2.58. The molecule has 0 bridgehead atoms. The molecule has 1 nitrogen and oxygen atoms in total. The molecule has 0 aliphatic rings. The van der Waals surface area contributed by atoms with Crippen LogP contribution in [0.3, 0.4) is 0 Å². The highest BCUT2D eigenvalue weighted by Crippen LogP contribution is 2.23. The maximum Gasteiger partial charge on any atom is 0.0297 e. The van der Waals surface area contributed by atoms with Crippen molar-refractivity contribution in [2.24, 2.45) is 0 Å². The van der Waals surface area contributed by atoms with E-state index in [-0.39, 0.29) is 0 Å². The van der Waals surface area contributed by atoms with Crippen LogP contribution in [-0.4, -0.2) is 0 Å². The summed E-state index contributed by atoms with van der Waals surface area (Å²) in [6, 6.07) is 17.5. The van der Waals surface area contributed by atoms with Crippen LogP contribution in [0.1, 0.15) is 37.1 Å². The molecular weight excluding hydrogens is 366 g/mol. The molecule has 0 amide bonds. The molecule has 0 fully saturated rings. The van der Waals surface area contributed by atoms with E-state index in [1.165, 1.54) is 11.1 Å². The van der Waals surface area contributed by atoms with Crippen molar-refractivity contribution in [3.05, 3.63) is 68.6 Å². The van der Waals surface area contributed by atoms with Crippen LogP contribution in [-0.2, 0) is 0 Å². The van der Waals surface area contributed by atoms with E-state index in [0.29, 0.717) is 12.1 Å². The van der Waals surface area contributed by atoms with Crippen molar-refractivity contribution in [1.82, 2.24) is 5.32 Å². The number of hydrogen-bond donors (Lipinski definition) is 1. The first-order valence-electron chi connectivity index (χ1n) is 6.33. The highest BCUT2D eigenvalue weighted by molar-refractivity contribution is 9.10. The van der Waals surface area contributed by atoms with Crippen molar-refractivity contribution in [3.8, 4) is 0 Å². The van der Waals surface area contributed by atoms with Gasteiger partial charge in [0.25, 0.3) is 0 Å². The van der Waals surface area contributed by atoms with Gasteiger partial charge in [-0.1, -0.05) is 56.1 Å². The Morgan fingerprint density at radius 1 is 0.789 bits per heavy atom. The quantitative estimate of drug-likeness (QED) is 0.723. The van der Waals surface area contributed by atoms with Gasteiger partial charge in [0.15, 0.2) is 0 Å². The Morgan fingerprint density at radius 3 is 1.58 bits per heavy atom. The summed E-state index contributed by atoms with van der Waals surface area (Å²) in [4.78, 5) is 0. The SMILES string of the molecule is C[C@@H](N[C@H](C)c1cccc(Br)c1)c1cccc(Br)c1. The second-order valence-electron chi connectivity index (χ2n) is 4.72. The van der Waals surface area contributed by atoms with Crippen molar-refractivity contribution < 1.29 is 0 Å². The van der Waals surface area contributed by atoms with Crippen LogP contribution < -0.4 is 5.32 Å². The molecule has 0 aliphatic carbocycles. The summed E-state index contributed by atoms with van der Waals surface area (Å²) in [6.45, 7) is 4.38. The summed E-state index contributed by atoms with van der Waals surface area (Å²) in [7, 11) is 0. The Morgan fingerprint density at radius 2 is 1.21 bits per heavy atom. The van der Waals surface area contributed by atoms with Gasteiger partial charge >= 0.3 is 0 Å². The molecule has 0 saturated heterocycles. The largest absolute Gasteiger partial charge is 0.304 e. The van der Waals surface area contributed by atoms with Crippen molar-refractivity contribution in [1.29, 1.82) is 0 Å². The highest BCUT2D eigenvalue weighted by Gasteiger charge is 2.11. The van der Waals surface area contributed by atoms with E-state index in [2.05, 4.69) is 87.4 Å². The molecule has 2 rings (SSSR count). The fourth-order valence-corrected chi connectivity index (χ4v) is 2.95. The molecule has 1 N–H and O–H groups in total. The molecular formula is C16H17Br2N. The summed E-state index contributed by atoms with van der Waals surface area (Å²) in [5, 5.41) is 3.63. The maximum absolute atomic E-state index is 3.63. The minimum Gasteiger partial charge on any atom is -0.304 e. The van der Waals surface area contributed by atoms with Crippen LogP contribution in [0.4, 0.5) is 0 Å². The Balaban J connectivity index is 2.08. The van der Waals surface area contributed by atoms with Crippen LogP contribution in [0.5, 0.6) is 0 Å². The van der Waals surface area contributed by atoms with E-state index in [1.807, 2.05) is 12.1 Å². The average Bonchev–Trinajstić information content (AvgIpc) is 2.38. The van der Waals surface area contributed by atoms with Gasteiger partial charge in [0.05, 0.1) is 0 Å². The second-order valence-corrected chi connectivity index (χ2v) is 6.55. The summed E-state index contributed by atoms with van der Waals surface area (Å²) in [5.74, 6) is 0. The molecule has 2 aromatic carbocycles. The molecule has 3 heteroatoms. The fourth-order valence-electron chi connectivity index (χ4n) is 2.12. The van der Waals surface area contributed by atoms with E-state index >= 15 is 0 Å². The van der Waals surface area contributed by atoms with Gasteiger partial charge in [0.1, 0.15) is 0 Å². The predicted octanol–water partition coefficient (Wildman–Crippen LogP) is 5.62. The van der Waals surface area contributed by atoms with E-state index in [4.69, 9.17) is 0 Å². The Labute approximate surface area is 131 Å². The smallest absolute Gasteiger partial charge is 0.0297 e. The van der Waals surface area contributed by atoms with Crippen LogP contribution in [0, 0.1) is 0 Å². The highest BCUT2D eigenvalue weighted by atomic mass is 79.9. The molecule has 0 spiro atoms. The number of nitrogens with one attached hydrogen (secondary N) is 1. The normalized spacial score (nSPS) is 14.1. The monoisotopic (exact) mass is 381 g/mol. The lowest BCUT2D eigenvalue weighted by Gasteiger charge is -2.21. The average molecular weight is 383 g/mol. The molecule has 0 radical (unpaired) electrons. The van der Waals surface area contributed by atoms with Gasteiger partial charge in [-0.15, -0.1) is 0 Å². The molecule has 0 aromatic heterocycles. The Hall–Kier alpha value is -0.640. The third-order valence-corrected chi connectivity index (χ3v) is 4.18. The van der Waals surface area contributed by atoms with Gasteiger partial charge in [-0.3, -0.25) is 0 Å². The molecule has 100 valence electrons. The van der Waals surface area contributed by atoms with Gasteiger partial charge in [-0.2, -0.15) is 0 Å². The number of benzene rings is 2. The van der Waals surface area contributed by atoms with Gasteiger partial charge in [0, 0.05) is 21.0 Å². The number of rotatable bonds is 4. The van der Waals surface area contributed by atoms with Crippen molar-refractivity contribution in [2.45, 2.75) is 25.9 Å². The minimum atomic E-state index is 0.312. The van der Waals surface area contributed by atoms with Crippen LogP contribution in [0.25, 0.3) is 0 Å². The standard InChI is InChI=1S/C16H17Br2N/c1-11(13-5-3-7-15(17)9-13)19-12(2)14-6-4-8-16(18)10-14/h3-12,19H,1-2H3/t11-,12-/m1/s1. The molecule has 0 aliphatic heterocycles. The summed E-state index contributed by atoms with van der Waals surface area (Å²) >= 11 is 7.03. The summed E-state index contributed by atoms with van der Waals surface area (Å²) < 4.78 is 2.24. The molecule has 19 heavy (non-hydrogen) atoms. The van der Waals surface area contributed by atoms with Crippen molar-refractivity contribution >= 4 is 31.9 Å². The second kappa shape index (κ2) is 6.69. The first kappa shape index (κ1) is 14.8. The summed E-state index contributed by atoms with van der Waals surface area (Å²) in [6.07, 6.45) is 0. The third kappa shape index (κ3) is 4.16. The lowest BCUT2D eigenvalue weighted by Crippen LogP contribution is -2.22. The Bertz CT molecular complexity index is 504. The van der Waals surface area contributed by atoms with Crippen molar-refractivity contribution in [2.75, 3.05) is 0 Å². The van der Waals surface area contributed by atoms with Crippen LogP contribution in [0.2, 0.25) is 0 Å². The zero-order valence-corrected chi connectivity index (χ0v) is 14.2.